The van der Waals surface area contributed by atoms with Crippen molar-refractivity contribution in [3.05, 3.63) is 60.7 Å². The molecule has 2 heterocycles. The van der Waals surface area contributed by atoms with Crippen LogP contribution in [0.25, 0.3) is 22.1 Å². The van der Waals surface area contributed by atoms with Crippen LogP contribution in [0.4, 0.5) is 0 Å². The van der Waals surface area contributed by atoms with Gasteiger partial charge in [-0.2, -0.15) is 5.26 Å². The Morgan fingerprint density at radius 1 is 1.16 bits per heavy atom. The fraction of sp³-hybridized carbons (Fsp3) is 0.158. The Hall–Kier alpha value is -3.46. The van der Waals surface area contributed by atoms with Gasteiger partial charge in [0.25, 0.3) is 0 Å². The van der Waals surface area contributed by atoms with Gasteiger partial charge in [-0.05, 0) is 31.2 Å². The Kier molecular flexibility index (Phi) is 3.55. The van der Waals surface area contributed by atoms with Crippen molar-refractivity contribution >= 4 is 27.9 Å². The molecule has 0 fully saturated rings. The number of Topliss-reactive ketones (excluding diaryl/α,β-unsaturated/α-hetero) is 1. The number of benzene rings is 2. The van der Waals surface area contributed by atoms with Crippen molar-refractivity contribution in [2.24, 2.45) is 0 Å². The second-order valence-electron chi connectivity index (χ2n) is 5.92. The SMILES string of the molecule is C[C@H](C(=O)[C@H](C#N)c1nc2ccccc2[nH]1)n1cnc2ccccc21. The summed E-state index contributed by atoms with van der Waals surface area (Å²) in [6, 6.07) is 16.7. The van der Waals surface area contributed by atoms with Crippen LogP contribution >= 0.6 is 0 Å². The molecule has 4 rings (SSSR count). The monoisotopic (exact) mass is 329 g/mol. The predicted molar refractivity (Wildman–Crippen MR) is 93.9 cm³/mol. The molecule has 0 spiro atoms. The van der Waals surface area contributed by atoms with Gasteiger partial charge in [0.2, 0.25) is 0 Å². The van der Waals surface area contributed by atoms with E-state index < -0.39 is 12.0 Å². The summed E-state index contributed by atoms with van der Waals surface area (Å²) in [4.78, 5) is 24.8. The van der Waals surface area contributed by atoms with Crippen LogP contribution in [-0.2, 0) is 4.79 Å². The maximum Gasteiger partial charge on any atom is 0.180 e. The first kappa shape index (κ1) is 15.1. The van der Waals surface area contributed by atoms with Gasteiger partial charge in [-0.1, -0.05) is 24.3 Å². The van der Waals surface area contributed by atoms with Crippen molar-refractivity contribution in [3.63, 3.8) is 0 Å². The summed E-state index contributed by atoms with van der Waals surface area (Å²) in [6.07, 6.45) is 1.64. The van der Waals surface area contributed by atoms with E-state index >= 15 is 0 Å². The molecular weight excluding hydrogens is 314 g/mol. The molecule has 0 aliphatic heterocycles. The van der Waals surface area contributed by atoms with E-state index in [1.807, 2.05) is 48.5 Å². The minimum Gasteiger partial charge on any atom is -0.340 e. The average molecular weight is 329 g/mol. The highest BCUT2D eigenvalue weighted by atomic mass is 16.1. The quantitative estimate of drug-likeness (QED) is 0.622. The smallest absolute Gasteiger partial charge is 0.180 e. The van der Waals surface area contributed by atoms with E-state index in [0.717, 1.165) is 22.1 Å². The lowest BCUT2D eigenvalue weighted by atomic mass is 9.99. The molecule has 2 aromatic carbocycles. The van der Waals surface area contributed by atoms with Gasteiger partial charge in [0.15, 0.2) is 11.7 Å². The number of carbonyl (C=O) groups excluding carboxylic acids is 1. The predicted octanol–water partition coefficient (Wildman–Crippen LogP) is 3.35. The highest BCUT2D eigenvalue weighted by Crippen LogP contribution is 2.25. The zero-order chi connectivity index (χ0) is 17.4. The second-order valence-corrected chi connectivity index (χ2v) is 5.92. The highest BCUT2D eigenvalue weighted by Gasteiger charge is 2.29. The summed E-state index contributed by atoms with van der Waals surface area (Å²) >= 11 is 0. The number of rotatable bonds is 4. The zero-order valence-corrected chi connectivity index (χ0v) is 13.5. The molecule has 0 radical (unpaired) electrons. The molecule has 122 valence electrons. The number of para-hydroxylation sites is 4. The summed E-state index contributed by atoms with van der Waals surface area (Å²) in [5.74, 6) is -0.793. The van der Waals surface area contributed by atoms with Gasteiger partial charge in [-0.15, -0.1) is 0 Å². The number of nitrogens with zero attached hydrogens (tertiary/aromatic N) is 4. The molecular formula is C19H15N5O. The number of nitrogens with one attached hydrogen (secondary N) is 1. The van der Waals surface area contributed by atoms with E-state index in [-0.39, 0.29) is 5.78 Å². The molecule has 1 N–H and O–H groups in total. The Labute approximate surface area is 143 Å². The summed E-state index contributed by atoms with van der Waals surface area (Å²) < 4.78 is 1.80. The lowest BCUT2D eigenvalue weighted by molar-refractivity contribution is -0.122. The first-order valence-electron chi connectivity index (χ1n) is 7.98. The van der Waals surface area contributed by atoms with E-state index in [2.05, 4.69) is 21.0 Å². The fourth-order valence-corrected chi connectivity index (χ4v) is 3.03. The van der Waals surface area contributed by atoms with Gasteiger partial charge in [-0.25, -0.2) is 9.97 Å². The molecule has 0 unspecified atom stereocenters. The van der Waals surface area contributed by atoms with E-state index in [1.165, 1.54) is 0 Å². The highest BCUT2D eigenvalue weighted by molar-refractivity contribution is 5.92. The van der Waals surface area contributed by atoms with Gasteiger partial charge in [0.1, 0.15) is 5.82 Å². The van der Waals surface area contributed by atoms with Crippen molar-refractivity contribution in [1.82, 2.24) is 19.5 Å². The van der Waals surface area contributed by atoms with Crippen LogP contribution in [0.1, 0.15) is 24.7 Å². The average Bonchev–Trinajstić information content (AvgIpc) is 3.25. The Bertz CT molecular complexity index is 1080. The molecule has 4 aromatic rings. The van der Waals surface area contributed by atoms with Crippen LogP contribution in [0.15, 0.2) is 54.9 Å². The number of aromatic amines is 1. The lowest BCUT2D eigenvalue weighted by Gasteiger charge is -2.15. The third kappa shape index (κ3) is 2.46. The number of H-pyrrole nitrogens is 1. The minimum absolute atomic E-state index is 0.218. The van der Waals surface area contributed by atoms with Gasteiger partial charge in [-0.3, -0.25) is 4.79 Å². The van der Waals surface area contributed by atoms with Crippen molar-refractivity contribution in [2.45, 2.75) is 18.9 Å². The number of ketones is 1. The van der Waals surface area contributed by atoms with Gasteiger partial charge in [0, 0.05) is 0 Å². The van der Waals surface area contributed by atoms with Crippen molar-refractivity contribution in [1.29, 1.82) is 5.26 Å². The molecule has 6 nitrogen and oxygen atoms in total. The minimum atomic E-state index is -0.955. The van der Waals surface area contributed by atoms with E-state index in [4.69, 9.17) is 0 Å². The third-order valence-electron chi connectivity index (χ3n) is 4.40. The molecule has 0 bridgehead atoms. The third-order valence-corrected chi connectivity index (χ3v) is 4.40. The van der Waals surface area contributed by atoms with Gasteiger partial charge >= 0.3 is 0 Å². The first-order valence-corrected chi connectivity index (χ1v) is 7.98. The van der Waals surface area contributed by atoms with Crippen molar-refractivity contribution in [2.75, 3.05) is 0 Å². The van der Waals surface area contributed by atoms with Crippen LogP contribution in [0.3, 0.4) is 0 Å². The second kappa shape index (κ2) is 5.87. The topological polar surface area (TPSA) is 87.4 Å². The molecule has 0 amide bonds. The number of fused-ring (bicyclic) bond motifs is 2. The summed E-state index contributed by atoms with van der Waals surface area (Å²) in [5.41, 5.74) is 3.24. The molecule has 25 heavy (non-hydrogen) atoms. The number of aromatic nitrogens is 4. The van der Waals surface area contributed by atoms with Gasteiger partial charge < -0.3 is 9.55 Å². The van der Waals surface area contributed by atoms with Crippen LogP contribution in [-0.4, -0.2) is 25.3 Å². The Balaban J connectivity index is 1.71. The van der Waals surface area contributed by atoms with Crippen LogP contribution in [0, 0.1) is 11.3 Å². The maximum atomic E-state index is 13.0. The summed E-state index contributed by atoms with van der Waals surface area (Å²) in [5, 5.41) is 9.58. The maximum absolute atomic E-state index is 13.0. The Morgan fingerprint density at radius 2 is 1.88 bits per heavy atom. The molecule has 0 aliphatic carbocycles. The number of nitriles is 1. The molecule has 0 aliphatic rings. The Morgan fingerprint density at radius 3 is 2.64 bits per heavy atom. The zero-order valence-electron chi connectivity index (χ0n) is 13.5. The first-order chi connectivity index (χ1) is 12.2. The molecule has 2 atom stereocenters. The van der Waals surface area contributed by atoms with Crippen molar-refractivity contribution in [3.8, 4) is 6.07 Å². The fourth-order valence-electron chi connectivity index (χ4n) is 3.03. The molecule has 0 saturated heterocycles. The number of hydrogen-bond donors (Lipinski definition) is 1. The van der Waals surface area contributed by atoms with Crippen molar-refractivity contribution < 1.29 is 4.79 Å². The standard InChI is InChI=1S/C19H15N5O/c1-12(24-11-21-16-8-4-5-9-17(16)24)18(25)13(10-20)19-22-14-6-2-3-7-15(14)23-19/h2-9,11-13H,1H3,(H,22,23)/t12-,13+/m1/s1. The van der Waals surface area contributed by atoms with Crippen LogP contribution in [0.5, 0.6) is 0 Å². The largest absolute Gasteiger partial charge is 0.340 e. The van der Waals surface area contributed by atoms with Crippen LogP contribution < -0.4 is 0 Å². The van der Waals surface area contributed by atoms with E-state index in [9.17, 15) is 10.1 Å². The summed E-state index contributed by atoms with van der Waals surface area (Å²) in [7, 11) is 0. The lowest BCUT2D eigenvalue weighted by Crippen LogP contribution is -2.22. The molecule has 2 aromatic heterocycles. The molecule has 0 saturated carbocycles. The van der Waals surface area contributed by atoms with Crippen LogP contribution in [0.2, 0.25) is 0 Å². The normalized spacial score (nSPS) is 13.6. The number of hydrogen-bond acceptors (Lipinski definition) is 4. The van der Waals surface area contributed by atoms with E-state index in [0.29, 0.717) is 5.82 Å². The van der Waals surface area contributed by atoms with E-state index in [1.54, 1.807) is 17.8 Å². The molecule has 6 heteroatoms. The number of imidazole rings is 2. The number of carbonyl (C=O) groups is 1. The van der Waals surface area contributed by atoms with Gasteiger partial charge in [0.05, 0.1) is 40.5 Å². The summed E-state index contributed by atoms with van der Waals surface area (Å²) in [6.45, 7) is 1.78.